The summed E-state index contributed by atoms with van der Waals surface area (Å²) >= 11 is 0. The number of hydrogen-bond donors (Lipinski definition) is 1. The van der Waals surface area contributed by atoms with Gasteiger partial charge in [-0.15, -0.1) is 6.54 Å². The van der Waals surface area contributed by atoms with E-state index in [-0.39, 0.29) is 47.9 Å². The van der Waals surface area contributed by atoms with Gasteiger partial charge in [-0.1, -0.05) is 0 Å². The number of carboxylic acids is 1. The molecule has 5 heteroatoms. The van der Waals surface area contributed by atoms with E-state index < -0.39 is 12.0 Å². The molecule has 0 aromatic carbocycles. The van der Waals surface area contributed by atoms with E-state index in [4.69, 9.17) is 9.84 Å². The van der Waals surface area contributed by atoms with E-state index in [2.05, 4.69) is 5.32 Å². The molecule has 10 heavy (non-hydrogen) atoms. The van der Waals surface area contributed by atoms with Gasteiger partial charge in [-0.25, -0.2) is 0 Å². The van der Waals surface area contributed by atoms with Gasteiger partial charge in [0.1, 0.15) is 0 Å². The van der Waals surface area contributed by atoms with Gasteiger partial charge in [0.15, 0.2) is 0 Å². The molecule has 1 saturated heterocycles. The number of ether oxygens (including phenoxy) is 1. The first-order valence-corrected chi connectivity index (χ1v) is 2.78. The third-order valence-electron chi connectivity index (χ3n) is 1.15. The zero-order valence-electron chi connectivity index (χ0n) is 5.49. The van der Waals surface area contributed by atoms with Crippen molar-refractivity contribution in [1.29, 1.82) is 0 Å². The summed E-state index contributed by atoms with van der Waals surface area (Å²) in [6, 6.07) is -0.626. The van der Waals surface area contributed by atoms with Crippen molar-refractivity contribution in [1.82, 2.24) is 0 Å². The van der Waals surface area contributed by atoms with Crippen molar-refractivity contribution < 1.29 is 55.9 Å². The quantitative estimate of drug-likeness (QED) is 0.721. The number of carbonyl (C=O) groups is 1. The van der Waals surface area contributed by atoms with Crippen molar-refractivity contribution >= 4 is 5.97 Å². The summed E-state index contributed by atoms with van der Waals surface area (Å²) in [5, 5.41) is 12.2. The number of carboxylic acid groups (broad SMARTS) is 1. The molecule has 0 unspecified atom stereocenters. The van der Waals surface area contributed by atoms with Crippen LogP contribution in [0.5, 0.6) is 0 Å². The molecule has 0 aliphatic carbocycles. The van der Waals surface area contributed by atoms with E-state index in [0.717, 1.165) is 0 Å². The molecule has 0 saturated carbocycles. The van der Waals surface area contributed by atoms with Crippen LogP contribution in [0.4, 0.5) is 0 Å². The van der Waals surface area contributed by atoms with Gasteiger partial charge in [-0.2, -0.15) is 0 Å². The Labute approximate surface area is 92.3 Å². The van der Waals surface area contributed by atoms with Crippen LogP contribution in [0, 0.1) is 41.3 Å². The van der Waals surface area contributed by atoms with Crippen LogP contribution < -0.4 is 0 Å². The Morgan fingerprint density at radius 1 is 1.70 bits per heavy atom. The largest absolute Gasteiger partial charge is 0.646 e. The summed E-state index contributed by atoms with van der Waals surface area (Å²) < 4.78 is 4.87. The summed E-state index contributed by atoms with van der Waals surface area (Å²) in [4.78, 5) is 10.2. The number of aliphatic carboxylic acids is 1. The third kappa shape index (κ3) is 3.24. The maximum absolute atomic E-state index is 10.2. The van der Waals surface area contributed by atoms with Crippen LogP contribution >= 0.6 is 0 Å². The second-order valence-electron chi connectivity index (χ2n) is 1.84. The van der Waals surface area contributed by atoms with Crippen LogP contribution in [0.3, 0.4) is 0 Å². The molecule has 0 bridgehead atoms. The van der Waals surface area contributed by atoms with E-state index in [0.29, 0.717) is 13.2 Å². The predicted molar refractivity (Wildman–Crippen MR) is 30.5 cm³/mol. The van der Waals surface area contributed by atoms with Crippen molar-refractivity contribution in [3.05, 3.63) is 5.32 Å². The fourth-order valence-corrected chi connectivity index (χ4v) is 0.670. The summed E-state index contributed by atoms with van der Waals surface area (Å²) in [7, 11) is 0. The molecular formula is C5H8NO3Pr-. The van der Waals surface area contributed by atoms with Crippen LogP contribution in [0.25, 0.3) is 5.32 Å². The molecule has 1 aliphatic heterocycles. The molecule has 0 spiro atoms. The first kappa shape index (κ1) is 10.8. The minimum Gasteiger partial charge on any atom is -0.646 e. The molecule has 0 aromatic rings. The number of hydrogen-bond acceptors (Lipinski definition) is 2. The number of rotatable bonds is 1. The van der Waals surface area contributed by atoms with Gasteiger partial charge in [0.25, 0.3) is 5.97 Å². The van der Waals surface area contributed by atoms with E-state index in [1.54, 1.807) is 0 Å². The molecular weight excluding hydrogens is 263 g/mol. The van der Waals surface area contributed by atoms with Gasteiger partial charge in [0.2, 0.25) is 0 Å². The third-order valence-corrected chi connectivity index (χ3v) is 1.15. The molecule has 55 valence electrons. The molecule has 1 atom stereocenters. The van der Waals surface area contributed by atoms with Crippen LogP contribution in [0.15, 0.2) is 0 Å². The van der Waals surface area contributed by atoms with Crippen LogP contribution in [-0.2, 0) is 9.53 Å². The molecule has 0 aromatic heterocycles. The Bertz CT molecular complexity index is 113. The second kappa shape index (κ2) is 5.41. The van der Waals surface area contributed by atoms with E-state index >= 15 is 0 Å². The SMILES string of the molecule is O=C(O)[C@@H]1COCC[N-]1.[Pr]. The molecule has 1 heterocycles. The van der Waals surface area contributed by atoms with Gasteiger partial charge < -0.3 is 15.2 Å². The van der Waals surface area contributed by atoms with Gasteiger partial charge in [-0.3, -0.25) is 4.79 Å². The second-order valence-corrected chi connectivity index (χ2v) is 1.84. The minimum absolute atomic E-state index is 0. The molecule has 0 amide bonds. The molecule has 1 radical (unpaired) electrons. The number of morpholine rings is 1. The van der Waals surface area contributed by atoms with Gasteiger partial charge >= 0.3 is 0 Å². The standard InChI is InChI=1S/C5H8NO3.Pr/c7-5(8)4-3-9-2-1-6-4;/h4H,1-3H2,(H,7,8);/q-1;/t4-;/m0./s1. The average molecular weight is 271 g/mol. The topological polar surface area (TPSA) is 60.6 Å². The van der Waals surface area contributed by atoms with E-state index in [9.17, 15) is 4.79 Å². The Hall–Kier alpha value is 0.754. The van der Waals surface area contributed by atoms with Crippen molar-refractivity contribution in [3.8, 4) is 0 Å². The Morgan fingerprint density at radius 2 is 2.40 bits per heavy atom. The summed E-state index contributed by atoms with van der Waals surface area (Å²) in [5.41, 5.74) is 0. The fourth-order valence-electron chi connectivity index (χ4n) is 0.670. The molecule has 4 nitrogen and oxygen atoms in total. The zero-order chi connectivity index (χ0) is 6.69. The Balaban J connectivity index is 0.000000810. The van der Waals surface area contributed by atoms with Crippen molar-refractivity contribution in [2.24, 2.45) is 0 Å². The van der Waals surface area contributed by atoms with Crippen LogP contribution in [-0.4, -0.2) is 36.9 Å². The smallest absolute Gasteiger partial charge is 0.287 e. The van der Waals surface area contributed by atoms with Crippen molar-refractivity contribution in [2.45, 2.75) is 6.04 Å². The van der Waals surface area contributed by atoms with Gasteiger partial charge in [-0.05, 0) is 6.04 Å². The molecule has 1 rings (SSSR count). The monoisotopic (exact) mass is 271 g/mol. The van der Waals surface area contributed by atoms with Crippen molar-refractivity contribution in [3.63, 3.8) is 0 Å². The molecule has 1 aliphatic rings. The van der Waals surface area contributed by atoms with Crippen LogP contribution in [0.1, 0.15) is 0 Å². The maximum Gasteiger partial charge on any atom is 0.287 e. The summed E-state index contributed by atoms with van der Waals surface area (Å²) in [6.45, 7) is 1.30. The Morgan fingerprint density at radius 3 is 2.70 bits per heavy atom. The zero-order valence-corrected chi connectivity index (χ0v) is 9.19. The summed E-state index contributed by atoms with van der Waals surface area (Å²) in [6.07, 6.45) is 0. The molecule has 1 fully saturated rings. The fraction of sp³-hybridized carbons (Fsp3) is 0.800. The van der Waals surface area contributed by atoms with E-state index in [1.807, 2.05) is 0 Å². The first-order valence-electron chi connectivity index (χ1n) is 2.78. The van der Waals surface area contributed by atoms with Gasteiger partial charge in [0, 0.05) is 54.5 Å². The minimum atomic E-state index is -0.894. The van der Waals surface area contributed by atoms with Crippen molar-refractivity contribution in [2.75, 3.05) is 19.8 Å². The normalized spacial score (nSPS) is 25.0. The first-order chi connectivity index (χ1) is 4.30. The maximum atomic E-state index is 10.2. The predicted octanol–water partition coefficient (Wildman–Crippen LogP) is -0.157. The average Bonchev–Trinajstić information content (AvgIpc) is 1.90. The Kier molecular flexibility index (Phi) is 5.82. The van der Waals surface area contributed by atoms with E-state index in [1.165, 1.54) is 0 Å². The van der Waals surface area contributed by atoms with Crippen LogP contribution in [0.2, 0.25) is 0 Å². The number of nitrogens with zero attached hydrogens (tertiary/aromatic N) is 1. The summed E-state index contributed by atoms with van der Waals surface area (Å²) in [5.74, 6) is -0.894. The van der Waals surface area contributed by atoms with Gasteiger partial charge in [0.05, 0.1) is 0 Å². The molecule has 1 N–H and O–H groups in total.